The van der Waals surface area contributed by atoms with Gasteiger partial charge in [0.1, 0.15) is 0 Å². The van der Waals surface area contributed by atoms with E-state index in [1.807, 2.05) is 0 Å². The summed E-state index contributed by atoms with van der Waals surface area (Å²) in [5, 5.41) is 0. The number of piperidine rings is 1. The van der Waals surface area contributed by atoms with Gasteiger partial charge in [0.05, 0.1) is 0 Å². The minimum Gasteiger partial charge on any atom is -0.304 e. The highest BCUT2D eigenvalue weighted by molar-refractivity contribution is 5.06. The Bertz CT molecular complexity index is 180. The van der Waals surface area contributed by atoms with Crippen LogP contribution in [0.2, 0.25) is 0 Å². The Kier molecular flexibility index (Phi) is 1.16. The largest absolute Gasteiger partial charge is 0.304 e. The zero-order valence-electron chi connectivity index (χ0n) is 7.16. The van der Waals surface area contributed by atoms with Gasteiger partial charge in [-0.05, 0) is 25.3 Å². The molecule has 2 aliphatic heterocycles. The van der Waals surface area contributed by atoms with Gasteiger partial charge in [-0.2, -0.15) is 0 Å². The number of rotatable bonds is 0. The lowest BCUT2D eigenvalue weighted by Crippen LogP contribution is -2.50. The quantitative estimate of drug-likeness (QED) is 0.491. The maximum absolute atomic E-state index is 2.71. The van der Waals surface area contributed by atoms with Gasteiger partial charge in [-0.3, -0.25) is 4.90 Å². The Hall–Kier alpha value is -0.0800. The van der Waals surface area contributed by atoms with Gasteiger partial charge in [-0.1, -0.05) is 0 Å². The Labute approximate surface area is 68.2 Å². The average Bonchev–Trinajstić information content (AvgIpc) is 2.67. The van der Waals surface area contributed by atoms with Crippen molar-refractivity contribution < 1.29 is 0 Å². The number of piperazine rings is 1. The first-order valence-corrected chi connectivity index (χ1v) is 4.77. The van der Waals surface area contributed by atoms with E-state index in [2.05, 4.69) is 16.8 Å². The zero-order valence-corrected chi connectivity index (χ0v) is 7.16. The topological polar surface area (TPSA) is 6.48 Å². The molecule has 1 saturated carbocycles. The van der Waals surface area contributed by atoms with Crippen LogP contribution in [-0.2, 0) is 0 Å². The summed E-state index contributed by atoms with van der Waals surface area (Å²) in [4.78, 5) is 5.20. The molecule has 0 amide bonds. The van der Waals surface area contributed by atoms with E-state index in [9.17, 15) is 0 Å². The Morgan fingerprint density at radius 1 is 1.18 bits per heavy atom. The molecule has 3 rings (SSSR count). The van der Waals surface area contributed by atoms with E-state index < -0.39 is 0 Å². The van der Waals surface area contributed by atoms with Crippen LogP contribution in [-0.4, -0.2) is 49.1 Å². The molecule has 2 saturated heterocycles. The molecule has 1 aliphatic carbocycles. The van der Waals surface area contributed by atoms with Gasteiger partial charge < -0.3 is 4.90 Å². The van der Waals surface area contributed by atoms with E-state index >= 15 is 0 Å². The number of fused-ring (bicyclic) bond motifs is 3. The van der Waals surface area contributed by atoms with Gasteiger partial charge in [0.15, 0.2) is 0 Å². The minimum atomic E-state index is 0.943. The molecule has 3 atom stereocenters. The van der Waals surface area contributed by atoms with Crippen molar-refractivity contribution in [3.63, 3.8) is 0 Å². The van der Waals surface area contributed by atoms with Crippen LogP contribution in [0.15, 0.2) is 0 Å². The van der Waals surface area contributed by atoms with E-state index in [4.69, 9.17) is 0 Å². The van der Waals surface area contributed by atoms with E-state index in [0.717, 1.165) is 17.9 Å². The van der Waals surface area contributed by atoms with Crippen molar-refractivity contribution in [2.45, 2.75) is 12.5 Å². The molecular weight excluding hydrogens is 136 g/mol. The second kappa shape index (κ2) is 1.99. The van der Waals surface area contributed by atoms with Crippen LogP contribution in [0, 0.1) is 11.8 Å². The lowest BCUT2D eigenvalue weighted by Gasteiger charge is -2.37. The van der Waals surface area contributed by atoms with Crippen molar-refractivity contribution in [2.24, 2.45) is 11.8 Å². The molecule has 0 aromatic heterocycles. The van der Waals surface area contributed by atoms with Crippen LogP contribution in [0.3, 0.4) is 0 Å². The fourth-order valence-electron chi connectivity index (χ4n) is 2.88. The van der Waals surface area contributed by atoms with E-state index in [-0.39, 0.29) is 0 Å². The highest BCUT2D eigenvalue weighted by atomic mass is 15.3. The van der Waals surface area contributed by atoms with Crippen molar-refractivity contribution in [3.8, 4) is 0 Å². The maximum atomic E-state index is 2.71. The van der Waals surface area contributed by atoms with Gasteiger partial charge in [0.25, 0.3) is 0 Å². The first kappa shape index (κ1) is 6.44. The molecule has 11 heavy (non-hydrogen) atoms. The molecule has 2 heterocycles. The zero-order chi connectivity index (χ0) is 7.42. The summed E-state index contributed by atoms with van der Waals surface area (Å²) in [6.45, 7) is 5.37. The summed E-state index contributed by atoms with van der Waals surface area (Å²) in [5.41, 5.74) is 0. The van der Waals surface area contributed by atoms with Gasteiger partial charge in [0.2, 0.25) is 0 Å². The predicted molar refractivity (Wildman–Crippen MR) is 44.5 cm³/mol. The summed E-state index contributed by atoms with van der Waals surface area (Å²) in [7, 11) is 2.26. The van der Waals surface area contributed by atoms with Crippen LogP contribution >= 0.6 is 0 Å². The van der Waals surface area contributed by atoms with Crippen LogP contribution < -0.4 is 0 Å². The summed E-state index contributed by atoms with van der Waals surface area (Å²) in [5.74, 6) is 2.20. The normalized spacial score (nSPS) is 50.5. The number of hydrogen-bond acceptors (Lipinski definition) is 2. The monoisotopic (exact) mass is 152 g/mol. The molecular formula is C9H16N2. The van der Waals surface area contributed by atoms with Crippen LogP contribution in [0.1, 0.15) is 6.42 Å². The molecule has 3 aliphatic rings. The SMILES string of the molecule is CN1CCN2CC3CC3C2C1. The predicted octanol–water partition coefficient (Wildman–Crippen LogP) is 0.252. The fourth-order valence-corrected chi connectivity index (χ4v) is 2.88. The summed E-state index contributed by atoms with van der Waals surface area (Å²) in [6.07, 6.45) is 1.54. The van der Waals surface area contributed by atoms with Crippen LogP contribution in [0.5, 0.6) is 0 Å². The molecule has 0 aromatic rings. The van der Waals surface area contributed by atoms with Gasteiger partial charge in [0, 0.05) is 32.2 Å². The molecule has 0 N–H and O–H groups in total. The third-order valence-corrected chi connectivity index (χ3v) is 3.68. The Morgan fingerprint density at radius 2 is 2.09 bits per heavy atom. The van der Waals surface area contributed by atoms with Crippen molar-refractivity contribution >= 4 is 0 Å². The highest BCUT2D eigenvalue weighted by Gasteiger charge is 2.53. The Balaban J connectivity index is 1.77. The minimum absolute atomic E-state index is 0.943. The smallest absolute Gasteiger partial charge is 0.0255 e. The third kappa shape index (κ3) is 0.859. The average molecular weight is 152 g/mol. The molecule has 62 valence electrons. The standard InChI is InChI=1S/C9H16N2/c1-10-2-3-11-5-7-4-8(7)9(11)6-10/h7-9H,2-6H2,1H3. The number of likely N-dealkylation sites (N-methyl/N-ethyl adjacent to an activating group) is 1. The van der Waals surface area contributed by atoms with Crippen LogP contribution in [0.25, 0.3) is 0 Å². The van der Waals surface area contributed by atoms with Gasteiger partial charge in [-0.25, -0.2) is 0 Å². The fraction of sp³-hybridized carbons (Fsp3) is 1.00. The summed E-state index contributed by atoms with van der Waals surface area (Å²) >= 11 is 0. The lowest BCUT2D eigenvalue weighted by molar-refractivity contribution is 0.105. The lowest BCUT2D eigenvalue weighted by atomic mass is 10.1. The first-order chi connectivity index (χ1) is 5.34. The third-order valence-electron chi connectivity index (χ3n) is 3.68. The van der Waals surface area contributed by atoms with Crippen molar-refractivity contribution in [1.29, 1.82) is 0 Å². The van der Waals surface area contributed by atoms with Crippen molar-refractivity contribution in [2.75, 3.05) is 33.2 Å². The molecule has 0 bridgehead atoms. The molecule has 2 nitrogen and oxygen atoms in total. The molecule has 3 unspecified atom stereocenters. The highest BCUT2D eigenvalue weighted by Crippen LogP contribution is 2.50. The molecule has 0 aromatic carbocycles. The van der Waals surface area contributed by atoms with Crippen molar-refractivity contribution in [1.82, 2.24) is 9.80 Å². The second-order valence-electron chi connectivity index (χ2n) is 4.48. The van der Waals surface area contributed by atoms with Gasteiger partial charge >= 0.3 is 0 Å². The summed E-state index contributed by atoms with van der Waals surface area (Å²) in [6, 6.07) is 0.943. The van der Waals surface area contributed by atoms with E-state index in [0.29, 0.717) is 0 Å². The maximum Gasteiger partial charge on any atom is 0.0255 e. The van der Waals surface area contributed by atoms with E-state index in [1.54, 1.807) is 0 Å². The summed E-state index contributed by atoms with van der Waals surface area (Å²) < 4.78 is 0. The van der Waals surface area contributed by atoms with Gasteiger partial charge in [-0.15, -0.1) is 0 Å². The van der Waals surface area contributed by atoms with Crippen LogP contribution in [0.4, 0.5) is 0 Å². The van der Waals surface area contributed by atoms with E-state index in [1.165, 1.54) is 32.6 Å². The molecule has 0 radical (unpaired) electrons. The molecule has 0 spiro atoms. The Morgan fingerprint density at radius 3 is 3.00 bits per heavy atom. The van der Waals surface area contributed by atoms with Crippen molar-refractivity contribution in [3.05, 3.63) is 0 Å². The molecule has 2 heteroatoms. The number of hydrogen-bond donors (Lipinski definition) is 0. The second-order valence-corrected chi connectivity index (χ2v) is 4.48. The first-order valence-electron chi connectivity index (χ1n) is 4.77. The number of nitrogens with zero attached hydrogens (tertiary/aromatic N) is 2. The molecule has 3 fully saturated rings.